The number of rotatable bonds is 1. The number of benzene rings is 1. The minimum Gasteiger partial charge on any atom is -0.349 e. The number of nitrogens with one attached hydrogen (secondary N) is 1. The Morgan fingerprint density at radius 1 is 1.41 bits per heavy atom. The van der Waals surface area contributed by atoms with Crippen LogP contribution in [0, 0.1) is 0 Å². The predicted octanol–water partition coefficient (Wildman–Crippen LogP) is 3.41. The smallest absolute Gasteiger partial charge is 0.0492 e. The van der Waals surface area contributed by atoms with Gasteiger partial charge in [-0.1, -0.05) is 12.1 Å². The Kier molecular flexibility index (Phi) is 2.97. The van der Waals surface area contributed by atoms with Crippen LogP contribution in [0.15, 0.2) is 28.9 Å². The fourth-order valence-electron chi connectivity index (χ4n) is 2.87. The molecule has 2 nitrogen and oxygen atoms in total. The number of hydrogen-bond donors (Lipinski definition) is 1. The van der Waals surface area contributed by atoms with Gasteiger partial charge < -0.3 is 9.88 Å². The van der Waals surface area contributed by atoms with Gasteiger partial charge in [-0.2, -0.15) is 0 Å². The van der Waals surface area contributed by atoms with Crippen LogP contribution in [0.25, 0.3) is 10.9 Å². The molecule has 0 radical (unpaired) electrons. The zero-order valence-corrected chi connectivity index (χ0v) is 11.6. The molecule has 1 N–H and O–H groups in total. The van der Waals surface area contributed by atoms with Gasteiger partial charge in [-0.25, -0.2) is 0 Å². The third kappa shape index (κ3) is 1.91. The first kappa shape index (κ1) is 11.3. The van der Waals surface area contributed by atoms with E-state index in [1.807, 2.05) is 0 Å². The van der Waals surface area contributed by atoms with Crippen molar-refractivity contribution in [2.45, 2.75) is 18.8 Å². The summed E-state index contributed by atoms with van der Waals surface area (Å²) in [7, 11) is 2.11. The van der Waals surface area contributed by atoms with E-state index in [1.165, 1.54) is 40.3 Å². The van der Waals surface area contributed by atoms with Crippen LogP contribution < -0.4 is 5.32 Å². The summed E-state index contributed by atoms with van der Waals surface area (Å²) in [5.41, 5.74) is 2.81. The zero-order chi connectivity index (χ0) is 11.8. The van der Waals surface area contributed by atoms with Crippen LogP contribution in [0.4, 0.5) is 0 Å². The largest absolute Gasteiger partial charge is 0.349 e. The highest BCUT2D eigenvalue weighted by Gasteiger charge is 2.19. The molecule has 0 amide bonds. The normalized spacial score (nSPS) is 20.9. The van der Waals surface area contributed by atoms with Crippen LogP contribution in [0.1, 0.15) is 24.3 Å². The molecule has 2 aromatic rings. The minimum atomic E-state index is 0.658. The van der Waals surface area contributed by atoms with Gasteiger partial charge in [0, 0.05) is 35.2 Å². The molecule has 3 heteroatoms. The van der Waals surface area contributed by atoms with Gasteiger partial charge in [0.2, 0.25) is 0 Å². The Balaban J connectivity index is 2.15. The first-order chi connectivity index (χ1) is 8.27. The number of fused-ring (bicyclic) bond motifs is 1. The molecule has 0 aliphatic carbocycles. The molecular formula is C14H17BrN2. The highest BCUT2D eigenvalue weighted by molar-refractivity contribution is 9.10. The summed E-state index contributed by atoms with van der Waals surface area (Å²) in [5.74, 6) is 0.658. The molecule has 90 valence electrons. The molecule has 17 heavy (non-hydrogen) atoms. The monoisotopic (exact) mass is 292 g/mol. The van der Waals surface area contributed by atoms with E-state index in [1.54, 1.807) is 0 Å². The van der Waals surface area contributed by atoms with Crippen molar-refractivity contribution < 1.29 is 0 Å². The topological polar surface area (TPSA) is 17.0 Å². The fraction of sp³-hybridized carbons (Fsp3) is 0.429. The van der Waals surface area contributed by atoms with Crippen LogP contribution >= 0.6 is 15.9 Å². The number of aryl methyl sites for hydroxylation is 1. The Labute approximate surface area is 110 Å². The summed E-state index contributed by atoms with van der Waals surface area (Å²) in [4.78, 5) is 0. The summed E-state index contributed by atoms with van der Waals surface area (Å²) >= 11 is 3.69. The molecule has 1 fully saturated rings. The van der Waals surface area contributed by atoms with Crippen molar-refractivity contribution in [1.29, 1.82) is 0 Å². The second-order valence-electron chi connectivity index (χ2n) is 4.87. The maximum atomic E-state index is 3.69. The van der Waals surface area contributed by atoms with Gasteiger partial charge in [0.15, 0.2) is 0 Å². The Bertz CT molecular complexity index is 538. The molecule has 1 saturated heterocycles. The van der Waals surface area contributed by atoms with Gasteiger partial charge in [-0.15, -0.1) is 0 Å². The summed E-state index contributed by atoms with van der Waals surface area (Å²) in [6, 6.07) is 6.66. The lowest BCUT2D eigenvalue weighted by Gasteiger charge is -2.24. The van der Waals surface area contributed by atoms with Crippen LogP contribution in [-0.4, -0.2) is 17.7 Å². The SMILES string of the molecule is Cn1cc(Br)c2c(C3CCCNC3)cccc21. The van der Waals surface area contributed by atoms with E-state index < -0.39 is 0 Å². The van der Waals surface area contributed by atoms with E-state index in [0.29, 0.717) is 5.92 Å². The highest BCUT2D eigenvalue weighted by Crippen LogP contribution is 2.35. The average Bonchev–Trinajstić information content (AvgIpc) is 2.66. The number of aromatic nitrogens is 1. The highest BCUT2D eigenvalue weighted by atomic mass is 79.9. The standard InChI is InChI=1S/C14H17BrN2/c1-17-9-12(15)14-11(5-2-6-13(14)17)10-4-3-7-16-8-10/h2,5-6,9-10,16H,3-4,7-8H2,1H3. The lowest BCUT2D eigenvalue weighted by Crippen LogP contribution is -2.28. The lowest BCUT2D eigenvalue weighted by atomic mass is 9.89. The van der Waals surface area contributed by atoms with Gasteiger partial charge >= 0.3 is 0 Å². The van der Waals surface area contributed by atoms with Crippen molar-refractivity contribution in [2.24, 2.45) is 7.05 Å². The lowest BCUT2D eigenvalue weighted by molar-refractivity contribution is 0.463. The molecule has 2 heterocycles. The van der Waals surface area contributed by atoms with E-state index in [2.05, 4.69) is 57.3 Å². The second-order valence-corrected chi connectivity index (χ2v) is 5.73. The van der Waals surface area contributed by atoms with Gasteiger partial charge in [0.05, 0.1) is 0 Å². The van der Waals surface area contributed by atoms with Crippen molar-refractivity contribution in [3.63, 3.8) is 0 Å². The maximum Gasteiger partial charge on any atom is 0.0492 e. The molecule has 1 aliphatic heterocycles. The Morgan fingerprint density at radius 2 is 2.29 bits per heavy atom. The summed E-state index contributed by atoms with van der Waals surface area (Å²) in [5, 5.41) is 4.89. The molecule has 1 unspecified atom stereocenters. The second kappa shape index (κ2) is 4.46. The van der Waals surface area contributed by atoms with Crippen molar-refractivity contribution in [3.05, 3.63) is 34.4 Å². The van der Waals surface area contributed by atoms with Gasteiger partial charge in [0.25, 0.3) is 0 Å². The molecular weight excluding hydrogens is 276 g/mol. The number of halogens is 1. The van der Waals surface area contributed by atoms with Crippen LogP contribution in [0.3, 0.4) is 0 Å². The Hall–Kier alpha value is -0.800. The summed E-state index contributed by atoms with van der Waals surface area (Å²) < 4.78 is 3.41. The molecule has 1 aliphatic rings. The van der Waals surface area contributed by atoms with Crippen molar-refractivity contribution >= 4 is 26.8 Å². The molecule has 1 atom stereocenters. The number of piperidine rings is 1. The minimum absolute atomic E-state index is 0.658. The summed E-state index contributed by atoms with van der Waals surface area (Å²) in [6.07, 6.45) is 4.74. The van der Waals surface area contributed by atoms with Crippen molar-refractivity contribution in [1.82, 2.24) is 9.88 Å². The first-order valence-electron chi connectivity index (χ1n) is 6.21. The average molecular weight is 293 g/mol. The quantitative estimate of drug-likeness (QED) is 0.852. The van der Waals surface area contributed by atoms with E-state index in [9.17, 15) is 0 Å². The predicted molar refractivity (Wildman–Crippen MR) is 75.5 cm³/mol. The first-order valence-corrected chi connectivity index (χ1v) is 7.01. The maximum absolute atomic E-state index is 3.69. The van der Waals surface area contributed by atoms with Crippen LogP contribution in [0.2, 0.25) is 0 Å². The van der Waals surface area contributed by atoms with Crippen LogP contribution in [-0.2, 0) is 7.05 Å². The molecule has 3 rings (SSSR count). The third-order valence-corrected chi connectivity index (χ3v) is 4.34. The Morgan fingerprint density at radius 3 is 3.06 bits per heavy atom. The molecule has 1 aromatic heterocycles. The van der Waals surface area contributed by atoms with E-state index in [0.717, 1.165) is 6.54 Å². The number of nitrogens with zero attached hydrogens (tertiary/aromatic N) is 1. The van der Waals surface area contributed by atoms with E-state index >= 15 is 0 Å². The van der Waals surface area contributed by atoms with Gasteiger partial charge in [-0.05, 0) is 52.9 Å². The zero-order valence-electron chi connectivity index (χ0n) is 10.0. The van der Waals surface area contributed by atoms with Gasteiger partial charge in [0.1, 0.15) is 0 Å². The summed E-state index contributed by atoms with van der Waals surface area (Å²) in [6.45, 7) is 2.28. The number of hydrogen-bond acceptors (Lipinski definition) is 1. The third-order valence-electron chi connectivity index (χ3n) is 3.74. The van der Waals surface area contributed by atoms with Crippen molar-refractivity contribution in [3.8, 4) is 0 Å². The molecule has 0 spiro atoms. The van der Waals surface area contributed by atoms with E-state index in [4.69, 9.17) is 0 Å². The van der Waals surface area contributed by atoms with E-state index in [-0.39, 0.29) is 0 Å². The molecule has 0 bridgehead atoms. The van der Waals surface area contributed by atoms with Crippen molar-refractivity contribution in [2.75, 3.05) is 13.1 Å². The fourth-order valence-corrected chi connectivity index (χ4v) is 3.61. The van der Waals surface area contributed by atoms with Crippen LogP contribution in [0.5, 0.6) is 0 Å². The molecule has 0 saturated carbocycles. The van der Waals surface area contributed by atoms with Gasteiger partial charge in [-0.3, -0.25) is 0 Å². The molecule has 1 aromatic carbocycles.